The van der Waals surface area contributed by atoms with Crippen molar-refractivity contribution in [1.29, 1.82) is 0 Å². The number of sulfone groups is 1. The van der Waals surface area contributed by atoms with Crippen LogP contribution in [0, 0.1) is 0 Å². The fourth-order valence-corrected chi connectivity index (χ4v) is 6.51. The van der Waals surface area contributed by atoms with Gasteiger partial charge in [-0.15, -0.1) is 0 Å². The van der Waals surface area contributed by atoms with Gasteiger partial charge in [-0.3, -0.25) is 14.8 Å². The summed E-state index contributed by atoms with van der Waals surface area (Å²) in [4.78, 5) is 36.6. The first-order valence-electron chi connectivity index (χ1n) is 13.5. The number of aromatic nitrogens is 2. The fraction of sp³-hybridized carbons (Fsp3) is 0.400. The van der Waals surface area contributed by atoms with E-state index in [0.29, 0.717) is 0 Å². The zero-order chi connectivity index (χ0) is 31.2. The molecule has 1 fully saturated rings. The zero-order valence-electron chi connectivity index (χ0n) is 24.1. The molecule has 0 radical (unpaired) electrons. The van der Waals surface area contributed by atoms with Crippen LogP contribution in [-0.4, -0.2) is 41.4 Å². The second kappa shape index (κ2) is 11.1. The fourth-order valence-electron chi connectivity index (χ4n) is 5.75. The Morgan fingerprint density at radius 3 is 1.62 bits per heavy atom. The number of carbonyl (C=O) groups excluding carboxylic acids is 2. The maximum atomic E-state index is 14.6. The Hall–Kier alpha value is -3.80. The van der Waals surface area contributed by atoms with Crippen molar-refractivity contribution in [3.05, 3.63) is 83.4 Å². The molecule has 4 rings (SSSR count). The molecule has 1 saturated heterocycles. The average Bonchev–Trinajstić information content (AvgIpc) is 3.21. The molecule has 1 N–H and O–H groups in total. The first-order chi connectivity index (χ1) is 19.6. The molecule has 1 aliphatic rings. The van der Waals surface area contributed by atoms with E-state index in [9.17, 15) is 31.2 Å². The average molecular weight is 603 g/mol. The number of nitrogens with zero attached hydrogens (tertiary/aromatic N) is 3. The summed E-state index contributed by atoms with van der Waals surface area (Å²) in [7, 11) is -5.61. The lowest BCUT2D eigenvalue weighted by Gasteiger charge is -2.40. The number of urea groups is 1. The molecule has 1 aliphatic heterocycles. The molecule has 0 aliphatic carbocycles. The predicted octanol–water partition coefficient (Wildman–Crippen LogP) is 6.42. The smallest absolute Gasteiger partial charge is 0.322 e. The number of hydrogen-bond acceptors (Lipinski definition) is 6. The Kier molecular flexibility index (Phi) is 8.25. The van der Waals surface area contributed by atoms with Gasteiger partial charge in [0.05, 0.1) is 10.6 Å². The van der Waals surface area contributed by atoms with Crippen molar-refractivity contribution in [2.24, 2.45) is 0 Å². The molecular formula is C30H33F3N4O4S. The maximum Gasteiger partial charge on any atom is 0.501 e. The lowest BCUT2D eigenvalue weighted by atomic mass is 9.67. The van der Waals surface area contributed by atoms with Crippen LogP contribution in [0.5, 0.6) is 0 Å². The molecule has 2 unspecified atom stereocenters. The van der Waals surface area contributed by atoms with Gasteiger partial charge in [-0.05, 0) is 70.5 Å². The molecule has 224 valence electrons. The summed E-state index contributed by atoms with van der Waals surface area (Å²) in [5.41, 5.74) is -3.65. The lowest BCUT2D eigenvalue weighted by molar-refractivity contribution is -0.123. The van der Waals surface area contributed by atoms with Crippen LogP contribution >= 0.6 is 0 Å². The minimum atomic E-state index is -5.61. The summed E-state index contributed by atoms with van der Waals surface area (Å²) in [5, 5.41) is 2.96. The van der Waals surface area contributed by atoms with Crippen molar-refractivity contribution in [3.63, 3.8) is 0 Å². The van der Waals surface area contributed by atoms with Crippen LogP contribution in [-0.2, 0) is 14.6 Å². The number of pyridine rings is 2. The lowest BCUT2D eigenvalue weighted by Crippen LogP contribution is -2.55. The molecule has 1 aromatic carbocycles. The molecule has 3 heterocycles. The van der Waals surface area contributed by atoms with Crippen molar-refractivity contribution in [2.45, 2.75) is 81.2 Å². The van der Waals surface area contributed by atoms with Crippen molar-refractivity contribution in [3.8, 4) is 0 Å². The summed E-state index contributed by atoms with van der Waals surface area (Å²) in [5.74, 6) is -1.65. The number of alkyl halides is 3. The van der Waals surface area contributed by atoms with E-state index < -0.39 is 49.6 Å². The van der Waals surface area contributed by atoms with Gasteiger partial charge in [0.2, 0.25) is 0 Å². The predicted molar refractivity (Wildman–Crippen MR) is 152 cm³/mol. The van der Waals surface area contributed by atoms with Crippen LogP contribution in [0.4, 0.5) is 23.7 Å². The highest BCUT2D eigenvalue weighted by Gasteiger charge is 2.59. The number of nitrogens with one attached hydrogen (secondary N) is 1. The van der Waals surface area contributed by atoms with E-state index in [1.54, 1.807) is 24.8 Å². The summed E-state index contributed by atoms with van der Waals surface area (Å²) in [6.07, 6.45) is 6.72. The van der Waals surface area contributed by atoms with Gasteiger partial charge in [-0.25, -0.2) is 18.1 Å². The van der Waals surface area contributed by atoms with Gasteiger partial charge in [-0.1, -0.05) is 41.5 Å². The number of imide groups is 1. The Bertz CT molecular complexity index is 1550. The molecule has 42 heavy (non-hydrogen) atoms. The molecule has 2 atom stereocenters. The van der Waals surface area contributed by atoms with Crippen LogP contribution < -0.4 is 10.2 Å². The van der Waals surface area contributed by atoms with Gasteiger partial charge >= 0.3 is 11.5 Å². The van der Waals surface area contributed by atoms with Crippen molar-refractivity contribution in [1.82, 2.24) is 15.3 Å². The second-order valence-electron chi connectivity index (χ2n) is 11.1. The molecule has 3 aromatic rings. The number of anilines is 1. The highest BCUT2D eigenvalue weighted by molar-refractivity contribution is 7.92. The molecule has 3 amide bonds. The second-order valence-corrected chi connectivity index (χ2v) is 13.1. The molecular weight excluding hydrogens is 569 g/mol. The molecule has 0 saturated carbocycles. The summed E-state index contributed by atoms with van der Waals surface area (Å²) in [6, 6.07) is 6.41. The van der Waals surface area contributed by atoms with Crippen LogP contribution in [0.15, 0.2) is 66.1 Å². The monoisotopic (exact) mass is 602 g/mol. The minimum absolute atomic E-state index is 0.0575. The minimum Gasteiger partial charge on any atom is -0.322 e. The summed E-state index contributed by atoms with van der Waals surface area (Å²) < 4.78 is 63.1. The van der Waals surface area contributed by atoms with Crippen molar-refractivity contribution < 1.29 is 31.2 Å². The molecule has 8 nitrogen and oxygen atoms in total. The number of carbonyl (C=O) groups is 2. The standard InChI is InChI=1S/C30H33F3N4O4S/c1-17(2)25-15-34-13-11-23(25)19(5)29(20(6)24-12-14-35-16-26(24)18(3)4)27(38)37(28(39)36-29)21-7-9-22(10-8-21)42(40,41)30(31,32)33/h7-20H,1-6H3,(H,36,39). The molecule has 0 bridgehead atoms. The zero-order valence-corrected chi connectivity index (χ0v) is 24.9. The third-order valence-electron chi connectivity index (χ3n) is 8.10. The van der Waals surface area contributed by atoms with E-state index in [1.165, 1.54) is 0 Å². The van der Waals surface area contributed by atoms with Crippen LogP contribution in [0.25, 0.3) is 0 Å². The van der Waals surface area contributed by atoms with Crippen LogP contribution in [0.1, 0.15) is 87.5 Å². The van der Waals surface area contributed by atoms with E-state index in [4.69, 9.17) is 0 Å². The molecule has 2 aromatic heterocycles. The molecule has 0 spiro atoms. The maximum absolute atomic E-state index is 14.6. The van der Waals surface area contributed by atoms with Gasteiger partial charge in [0, 0.05) is 36.6 Å². The number of benzene rings is 1. The number of amides is 3. The Balaban J connectivity index is 1.89. The Morgan fingerprint density at radius 1 is 0.762 bits per heavy atom. The van der Waals surface area contributed by atoms with E-state index >= 15 is 0 Å². The largest absolute Gasteiger partial charge is 0.501 e. The van der Waals surface area contributed by atoms with Gasteiger partial charge in [-0.2, -0.15) is 13.2 Å². The summed E-state index contributed by atoms with van der Waals surface area (Å²) in [6.45, 7) is 11.7. The first-order valence-corrected chi connectivity index (χ1v) is 15.0. The van der Waals surface area contributed by atoms with Crippen molar-refractivity contribution in [2.75, 3.05) is 4.90 Å². The number of halogens is 3. The Morgan fingerprint density at radius 2 is 1.21 bits per heavy atom. The third-order valence-corrected chi connectivity index (χ3v) is 9.60. The van der Waals surface area contributed by atoms with Gasteiger partial charge < -0.3 is 5.32 Å². The van der Waals surface area contributed by atoms with E-state index in [2.05, 4.69) is 15.3 Å². The van der Waals surface area contributed by atoms with Gasteiger partial charge in [0.15, 0.2) is 0 Å². The first kappa shape index (κ1) is 31.1. The number of rotatable bonds is 8. The van der Waals surface area contributed by atoms with Gasteiger partial charge in [0.1, 0.15) is 5.54 Å². The van der Waals surface area contributed by atoms with E-state index in [-0.39, 0.29) is 17.5 Å². The van der Waals surface area contributed by atoms with Crippen LogP contribution in [0.2, 0.25) is 0 Å². The third kappa shape index (κ3) is 5.05. The molecule has 12 heteroatoms. The summed E-state index contributed by atoms with van der Waals surface area (Å²) >= 11 is 0. The topological polar surface area (TPSA) is 109 Å². The number of hydrogen-bond donors (Lipinski definition) is 1. The normalized spacial score (nSPS) is 19.4. The SMILES string of the molecule is CC(C)c1cnccc1C(C)C1(C(C)c2ccncc2C(C)C)NC(=O)N(c2ccc(S(=O)(=O)C(F)(F)F)cc2)C1=O. The van der Waals surface area contributed by atoms with Gasteiger partial charge in [0.25, 0.3) is 15.7 Å². The quantitative estimate of drug-likeness (QED) is 0.298. The van der Waals surface area contributed by atoms with Crippen molar-refractivity contribution >= 4 is 27.5 Å². The highest BCUT2D eigenvalue weighted by Crippen LogP contribution is 2.47. The van der Waals surface area contributed by atoms with E-state index in [1.807, 2.05) is 53.7 Å². The van der Waals surface area contributed by atoms with E-state index in [0.717, 1.165) is 51.4 Å². The highest BCUT2D eigenvalue weighted by atomic mass is 32.2. The van der Waals surface area contributed by atoms with Crippen LogP contribution in [0.3, 0.4) is 0 Å². The Labute approximate surface area is 243 Å².